The molecule has 0 fully saturated rings. The Balaban J connectivity index is 2.41. The maximum absolute atomic E-state index is 11.8. The fourth-order valence-corrected chi connectivity index (χ4v) is 1.89. The van der Waals surface area contributed by atoms with Crippen molar-refractivity contribution in [2.75, 3.05) is 32.1 Å². The monoisotopic (exact) mass is 282 g/mol. The Morgan fingerprint density at radius 1 is 1.40 bits per heavy atom. The first-order valence-electron chi connectivity index (χ1n) is 6.33. The van der Waals surface area contributed by atoms with Gasteiger partial charge in [-0.3, -0.25) is 14.3 Å². The number of anilines is 1. The van der Waals surface area contributed by atoms with Crippen molar-refractivity contribution in [1.29, 1.82) is 0 Å². The van der Waals surface area contributed by atoms with Crippen LogP contribution in [-0.2, 0) is 11.3 Å². The summed E-state index contributed by atoms with van der Waals surface area (Å²) in [4.78, 5) is 32.9. The third-order valence-corrected chi connectivity index (χ3v) is 2.80. The summed E-state index contributed by atoms with van der Waals surface area (Å²) in [5.74, 6) is 0.419. The van der Waals surface area contributed by atoms with E-state index < -0.39 is 11.2 Å². The predicted molar refractivity (Wildman–Crippen MR) is 75.0 cm³/mol. The highest BCUT2D eigenvalue weighted by Gasteiger charge is 2.12. The van der Waals surface area contributed by atoms with Crippen LogP contribution in [0.1, 0.15) is 6.42 Å². The van der Waals surface area contributed by atoms with Crippen molar-refractivity contribution in [1.82, 2.24) is 19.5 Å². The molecule has 0 spiro atoms. The molecule has 2 rings (SSSR count). The Kier molecular flexibility index (Phi) is 4.53. The summed E-state index contributed by atoms with van der Waals surface area (Å²) in [7, 11) is 1.59. The van der Waals surface area contributed by atoms with E-state index in [1.54, 1.807) is 7.11 Å². The lowest BCUT2D eigenvalue weighted by Gasteiger charge is -2.04. The summed E-state index contributed by atoms with van der Waals surface area (Å²) in [5, 5.41) is 2.94. The second-order valence-corrected chi connectivity index (χ2v) is 4.26. The molecule has 9 nitrogen and oxygen atoms in total. The molecule has 0 atom stereocenters. The lowest BCUT2D eigenvalue weighted by molar-refractivity contribution is 0.190. The molecule has 110 valence electrons. The largest absolute Gasteiger partial charge is 0.385 e. The number of aromatic nitrogens is 4. The lowest BCUT2D eigenvalue weighted by atomic mass is 10.4. The number of nitrogens with one attached hydrogen (secondary N) is 3. The van der Waals surface area contributed by atoms with Gasteiger partial charge in [-0.1, -0.05) is 0 Å². The quantitative estimate of drug-likeness (QED) is 0.473. The van der Waals surface area contributed by atoms with E-state index in [-0.39, 0.29) is 5.52 Å². The number of H-pyrrole nitrogens is 2. The highest BCUT2D eigenvalue weighted by Crippen LogP contribution is 2.08. The number of imidazole rings is 1. The summed E-state index contributed by atoms with van der Waals surface area (Å²) in [5.41, 5.74) is 5.03. The highest BCUT2D eigenvalue weighted by atomic mass is 16.5. The molecule has 0 saturated carbocycles. The number of aryl methyl sites for hydroxylation is 1. The Bertz CT molecular complexity index is 686. The number of nitrogens with two attached hydrogens (primary N) is 1. The van der Waals surface area contributed by atoms with Crippen LogP contribution in [0.15, 0.2) is 9.59 Å². The summed E-state index contributed by atoms with van der Waals surface area (Å²) >= 11 is 0. The first-order chi connectivity index (χ1) is 9.67. The minimum absolute atomic E-state index is 0.265. The molecule has 0 unspecified atom stereocenters. The van der Waals surface area contributed by atoms with Gasteiger partial charge < -0.3 is 20.8 Å². The van der Waals surface area contributed by atoms with Crippen molar-refractivity contribution in [2.45, 2.75) is 13.0 Å². The van der Waals surface area contributed by atoms with Crippen molar-refractivity contribution in [2.24, 2.45) is 5.73 Å². The first kappa shape index (κ1) is 14.3. The summed E-state index contributed by atoms with van der Waals surface area (Å²) in [6.45, 7) is 1.90. The van der Waals surface area contributed by atoms with E-state index in [0.717, 1.165) is 0 Å². The third-order valence-electron chi connectivity index (χ3n) is 2.80. The maximum atomic E-state index is 11.8. The fraction of sp³-hybridized carbons (Fsp3) is 0.545. The van der Waals surface area contributed by atoms with Crippen LogP contribution in [0, 0.1) is 0 Å². The predicted octanol–water partition coefficient (Wildman–Crippen LogP) is -1.18. The number of fused-ring (bicyclic) bond motifs is 1. The number of rotatable bonds is 7. The Morgan fingerprint density at radius 2 is 2.20 bits per heavy atom. The standard InChI is InChI=1S/C11H18N6O3/c1-20-6-2-5-17-8-7(9(18)16-11(17)19)14-10(15-8)13-4-3-12/h2-6,12H2,1H3,(H2,13,14,15)(H,16,18,19). The van der Waals surface area contributed by atoms with E-state index in [1.165, 1.54) is 4.57 Å². The van der Waals surface area contributed by atoms with Gasteiger partial charge in [0.15, 0.2) is 11.2 Å². The molecule has 0 aliphatic rings. The van der Waals surface area contributed by atoms with E-state index in [1.807, 2.05) is 0 Å². The number of ether oxygens (including phenoxy) is 1. The molecular weight excluding hydrogens is 264 g/mol. The molecule has 5 N–H and O–H groups in total. The van der Waals surface area contributed by atoms with Crippen LogP contribution in [0.25, 0.3) is 11.2 Å². The molecule has 20 heavy (non-hydrogen) atoms. The second kappa shape index (κ2) is 6.35. The van der Waals surface area contributed by atoms with Crippen molar-refractivity contribution < 1.29 is 4.74 Å². The third kappa shape index (κ3) is 2.89. The molecular formula is C11H18N6O3. The summed E-state index contributed by atoms with van der Waals surface area (Å²) in [6, 6.07) is 0. The van der Waals surface area contributed by atoms with Crippen LogP contribution in [0.5, 0.6) is 0 Å². The van der Waals surface area contributed by atoms with Gasteiger partial charge in [-0.15, -0.1) is 0 Å². The summed E-state index contributed by atoms with van der Waals surface area (Å²) < 4.78 is 6.37. The van der Waals surface area contributed by atoms with Crippen LogP contribution in [-0.4, -0.2) is 46.3 Å². The minimum Gasteiger partial charge on any atom is -0.385 e. The molecule has 0 radical (unpaired) electrons. The topological polar surface area (TPSA) is 131 Å². The number of hydrogen-bond acceptors (Lipinski definition) is 6. The molecule has 2 aromatic heterocycles. The van der Waals surface area contributed by atoms with E-state index in [0.29, 0.717) is 44.3 Å². The lowest BCUT2D eigenvalue weighted by Crippen LogP contribution is -2.30. The molecule has 9 heteroatoms. The molecule has 0 saturated heterocycles. The average molecular weight is 282 g/mol. The van der Waals surface area contributed by atoms with Crippen molar-refractivity contribution >= 4 is 17.1 Å². The smallest absolute Gasteiger partial charge is 0.330 e. The zero-order chi connectivity index (χ0) is 14.5. The number of nitrogens with zero attached hydrogens (tertiary/aromatic N) is 2. The van der Waals surface area contributed by atoms with Gasteiger partial charge in [0, 0.05) is 33.4 Å². The SMILES string of the molecule is COCCCn1c(=O)[nH]c(=O)c2[nH]c(NCCN)nc21. The average Bonchev–Trinajstić information content (AvgIpc) is 2.84. The number of hydrogen-bond donors (Lipinski definition) is 4. The van der Waals surface area contributed by atoms with Gasteiger partial charge in [0.25, 0.3) is 5.56 Å². The minimum atomic E-state index is -0.485. The van der Waals surface area contributed by atoms with Crippen LogP contribution >= 0.6 is 0 Å². The van der Waals surface area contributed by atoms with Crippen LogP contribution in [0.2, 0.25) is 0 Å². The zero-order valence-corrected chi connectivity index (χ0v) is 11.2. The van der Waals surface area contributed by atoms with Gasteiger partial charge in [-0.2, -0.15) is 4.98 Å². The maximum Gasteiger partial charge on any atom is 0.330 e. The number of methoxy groups -OCH3 is 1. The van der Waals surface area contributed by atoms with Crippen LogP contribution in [0.3, 0.4) is 0 Å². The van der Waals surface area contributed by atoms with Gasteiger partial charge in [0.1, 0.15) is 0 Å². The van der Waals surface area contributed by atoms with Gasteiger partial charge in [0.2, 0.25) is 5.95 Å². The van der Waals surface area contributed by atoms with Crippen molar-refractivity contribution in [3.8, 4) is 0 Å². The summed E-state index contributed by atoms with van der Waals surface area (Å²) in [6.07, 6.45) is 0.649. The van der Waals surface area contributed by atoms with E-state index in [9.17, 15) is 9.59 Å². The Morgan fingerprint density at radius 3 is 2.90 bits per heavy atom. The first-order valence-corrected chi connectivity index (χ1v) is 6.33. The molecule has 0 amide bonds. The van der Waals surface area contributed by atoms with Gasteiger partial charge >= 0.3 is 5.69 Å². The highest BCUT2D eigenvalue weighted by molar-refractivity contribution is 5.72. The van der Waals surface area contributed by atoms with E-state index in [2.05, 4.69) is 20.3 Å². The molecule has 2 aromatic rings. The Hall–Kier alpha value is -2.13. The molecule has 2 heterocycles. The Labute approximate surface area is 114 Å². The molecule has 0 bridgehead atoms. The second-order valence-electron chi connectivity index (χ2n) is 4.26. The normalized spacial score (nSPS) is 11.1. The van der Waals surface area contributed by atoms with Crippen molar-refractivity contribution in [3.63, 3.8) is 0 Å². The molecule has 0 aliphatic heterocycles. The van der Waals surface area contributed by atoms with Crippen molar-refractivity contribution in [3.05, 3.63) is 20.8 Å². The molecule has 0 aliphatic carbocycles. The van der Waals surface area contributed by atoms with E-state index >= 15 is 0 Å². The van der Waals surface area contributed by atoms with E-state index in [4.69, 9.17) is 10.5 Å². The number of aromatic amines is 2. The fourth-order valence-electron chi connectivity index (χ4n) is 1.89. The van der Waals surface area contributed by atoms with Gasteiger partial charge in [0.05, 0.1) is 0 Å². The van der Waals surface area contributed by atoms with Crippen LogP contribution in [0.4, 0.5) is 5.95 Å². The zero-order valence-electron chi connectivity index (χ0n) is 11.2. The molecule has 0 aromatic carbocycles. The van der Waals surface area contributed by atoms with Crippen LogP contribution < -0.4 is 22.3 Å². The van der Waals surface area contributed by atoms with Gasteiger partial charge in [-0.25, -0.2) is 4.79 Å². The van der Waals surface area contributed by atoms with Gasteiger partial charge in [-0.05, 0) is 6.42 Å².